The molecule has 0 saturated heterocycles. The molecule has 0 aliphatic heterocycles. The second-order valence-corrected chi connectivity index (χ2v) is 10.8. The summed E-state index contributed by atoms with van der Waals surface area (Å²) in [5, 5.41) is 15.6. The largest absolute Gasteiger partial charge is 0.326 e. The summed E-state index contributed by atoms with van der Waals surface area (Å²) in [4.78, 5) is 25.9. The van der Waals surface area contributed by atoms with Crippen LogP contribution in [0, 0.1) is 24.2 Å². The fourth-order valence-electron chi connectivity index (χ4n) is 3.88. The van der Waals surface area contributed by atoms with Crippen molar-refractivity contribution in [1.82, 2.24) is 0 Å². The fraction of sp³-hybridized carbons (Fsp3) is 0.160. The van der Waals surface area contributed by atoms with E-state index in [1.807, 2.05) is 6.07 Å². The Balaban J connectivity index is 1.51. The number of nitrogens with one attached hydrogen (secondary N) is 2. The van der Waals surface area contributed by atoms with Gasteiger partial charge >= 0.3 is 0 Å². The Morgan fingerprint density at radius 3 is 2.26 bits per heavy atom. The molecule has 0 bridgehead atoms. The van der Waals surface area contributed by atoms with Crippen molar-refractivity contribution < 1.29 is 9.59 Å². The van der Waals surface area contributed by atoms with Gasteiger partial charge in [-0.05, 0) is 72.6 Å². The van der Waals surface area contributed by atoms with E-state index < -0.39 is 28.0 Å². The lowest BCUT2D eigenvalue weighted by atomic mass is 10.1. The summed E-state index contributed by atoms with van der Waals surface area (Å²) in [5.74, 6) is -2.15. The first kappa shape index (κ1) is 25.6. The van der Waals surface area contributed by atoms with Gasteiger partial charge in [-0.15, -0.1) is 23.2 Å². The molecule has 1 saturated carbocycles. The van der Waals surface area contributed by atoms with Crippen LogP contribution in [0.4, 0.5) is 11.4 Å². The van der Waals surface area contributed by atoms with Gasteiger partial charge in [0.15, 0.2) is 0 Å². The Bertz CT molecular complexity index is 1380. The predicted molar refractivity (Wildman–Crippen MR) is 141 cm³/mol. The van der Waals surface area contributed by atoms with Crippen LogP contribution in [0.2, 0.25) is 15.1 Å². The van der Waals surface area contributed by atoms with E-state index in [0.29, 0.717) is 32.5 Å². The Morgan fingerprint density at radius 2 is 1.63 bits per heavy atom. The number of aryl methyl sites for hydroxylation is 1. The average molecular weight is 568 g/mol. The highest BCUT2D eigenvalue weighted by Gasteiger charge is 2.67. The number of alkyl halides is 2. The van der Waals surface area contributed by atoms with Crippen LogP contribution in [0.3, 0.4) is 0 Å². The van der Waals surface area contributed by atoms with Gasteiger partial charge in [0.2, 0.25) is 5.91 Å². The van der Waals surface area contributed by atoms with Gasteiger partial charge in [-0.3, -0.25) is 9.59 Å². The highest BCUT2D eigenvalue weighted by molar-refractivity contribution is 6.53. The second kappa shape index (κ2) is 9.89. The van der Waals surface area contributed by atoms with Crippen LogP contribution in [-0.2, 0) is 4.79 Å². The zero-order valence-electron chi connectivity index (χ0n) is 18.0. The number of amides is 2. The normalized spacial score (nSPS) is 17.9. The number of carbonyl (C=O) groups excluding carboxylic acids is 2. The molecule has 1 fully saturated rings. The van der Waals surface area contributed by atoms with E-state index in [4.69, 9.17) is 63.3 Å². The van der Waals surface area contributed by atoms with Crippen molar-refractivity contribution in [1.29, 1.82) is 5.26 Å². The number of nitrogens with zero attached hydrogens (tertiary/aromatic N) is 1. The summed E-state index contributed by atoms with van der Waals surface area (Å²) in [6, 6.07) is 16.4. The molecule has 5 nitrogen and oxygen atoms in total. The molecule has 2 amide bonds. The molecule has 2 atom stereocenters. The van der Waals surface area contributed by atoms with E-state index in [0.717, 1.165) is 5.56 Å². The predicted octanol–water partition coefficient (Wildman–Crippen LogP) is 7.61. The smallest absolute Gasteiger partial charge is 0.257 e. The number of halogens is 5. The summed E-state index contributed by atoms with van der Waals surface area (Å²) in [6.45, 7) is 1.78. The molecule has 3 aromatic carbocycles. The van der Waals surface area contributed by atoms with Crippen molar-refractivity contribution in [3.8, 4) is 6.07 Å². The molecule has 4 rings (SSSR count). The monoisotopic (exact) mass is 565 g/mol. The van der Waals surface area contributed by atoms with Crippen LogP contribution in [0.15, 0.2) is 54.6 Å². The van der Waals surface area contributed by atoms with Crippen molar-refractivity contribution >= 4 is 81.2 Å². The number of benzene rings is 3. The van der Waals surface area contributed by atoms with Crippen molar-refractivity contribution in [2.24, 2.45) is 5.92 Å². The maximum atomic E-state index is 13.0. The van der Waals surface area contributed by atoms with E-state index in [9.17, 15) is 9.59 Å². The number of carbonyl (C=O) groups is 2. The molecular weight excluding hydrogens is 552 g/mol. The second-order valence-electron chi connectivity index (χ2n) is 8.11. The molecule has 0 unspecified atom stereocenters. The van der Waals surface area contributed by atoms with E-state index >= 15 is 0 Å². The average Bonchev–Trinajstić information content (AvgIpc) is 3.37. The molecule has 35 heavy (non-hydrogen) atoms. The van der Waals surface area contributed by atoms with Crippen LogP contribution in [-0.4, -0.2) is 16.1 Å². The van der Waals surface area contributed by atoms with Crippen LogP contribution in [0.5, 0.6) is 0 Å². The number of hydrogen-bond donors (Lipinski definition) is 2. The lowest BCUT2D eigenvalue weighted by Gasteiger charge is -2.12. The van der Waals surface area contributed by atoms with Gasteiger partial charge in [-0.2, -0.15) is 5.26 Å². The van der Waals surface area contributed by atoms with Crippen molar-refractivity contribution in [2.45, 2.75) is 17.2 Å². The SMILES string of the molecule is Cc1cc(C#N)ccc1NC(=O)c1cc(NC(=O)[C@H]2[C@H](c3cc(Cl)cc(Cl)c3)C2(Cl)Cl)ccc1Cl. The third-order valence-corrected chi connectivity index (χ3v) is 7.37. The summed E-state index contributed by atoms with van der Waals surface area (Å²) in [5.41, 5.74) is 2.90. The minimum atomic E-state index is -1.34. The highest BCUT2D eigenvalue weighted by Crippen LogP contribution is 2.65. The first-order chi connectivity index (χ1) is 16.5. The topological polar surface area (TPSA) is 82.0 Å². The minimum Gasteiger partial charge on any atom is -0.326 e. The summed E-state index contributed by atoms with van der Waals surface area (Å²) in [6.07, 6.45) is 0. The van der Waals surface area contributed by atoms with Gasteiger partial charge in [0.1, 0.15) is 4.33 Å². The van der Waals surface area contributed by atoms with Gasteiger partial charge in [-0.25, -0.2) is 0 Å². The number of hydrogen-bond acceptors (Lipinski definition) is 3. The molecule has 3 aromatic rings. The standard InChI is InChI=1S/C25H16Cl5N3O2/c1-12-6-13(11-31)2-5-20(12)33-23(34)18-10-17(3-4-19(18)28)32-24(35)22-21(25(22,29)30)14-7-15(26)9-16(27)8-14/h2-10,21-22H,1H3,(H,32,35)(H,33,34)/t21-,22+/m0/s1. The molecule has 178 valence electrons. The van der Waals surface area contributed by atoms with Crippen molar-refractivity contribution in [2.75, 3.05) is 10.6 Å². The van der Waals surface area contributed by atoms with Crippen LogP contribution in [0.25, 0.3) is 0 Å². The Hall–Kier alpha value is -2.46. The van der Waals surface area contributed by atoms with Gasteiger partial charge in [0.25, 0.3) is 5.91 Å². The minimum absolute atomic E-state index is 0.158. The van der Waals surface area contributed by atoms with Gasteiger partial charge in [0.05, 0.1) is 28.1 Å². The third kappa shape index (κ3) is 5.38. The van der Waals surface area contributed by atoms with Crippen LogP contribution >= 0.6 is 58.0 Å². The van der Waals surface area contributed by atoms with Gasteiger partial charge in [0, 0.05) is 27.3 Å². The molecule has 0 aromatic heterocycles. The Morgan fingerprint density at radius 1 is 0.943 bits per heavy atom. The summed E-state index contributed by atoms with van der Waals surface area (Å²) >= 11 is 31.3. The Kier molecular flexibility index (Phi) is 7.24. The van der Waals surface area contributed by atoms with Crippen LogP contribution in [0.1, 0.15) is 33.0 Å². The lowest BCUT2D eigenvalue weighted by molar-refractivity contribution is -0.117. The van der Waals surface area contributed by atoms with Crippen LogP contribution < -0.4 is 10.6 Å². The summed E-state index contributed by atoms with van der Waals surface area (Å²) < 4.78 is -1.34. The number of rotatable bonds is 5. The zero-order valence-corrected chi connectivity index (χ0v) is 21.8. The van der Waals surface area contributed by atoms with Gasteiger partial charge in [-0.1, -0.05) is 34.8 Å². The molecule has 1 aliphatic carbocycles. The van der Waals surface area contributed by atoms with E-state index in [1.165, 1.54) is 12.1 Å². The highest BCUT2D eigenvalue weighted by atomic mass is 35.5. The summed E-state index contributed by atoms with van der Waals surface area (Å²) in [7, 11) is 0. The first-order valence-corrected chi connectivity index (χ1v) is 12.2. The quantitative estimate of drug-likeness (QED) is 0.312. The maximum Gasteiger partial charge on any atom is 0.257 e. The molecule has 1 aliphatic rings. The maximum absolute atomic E-state index is 13.0. The van der Waals surface area contributed by atoms with Gasteiger partial charge < -0.3 is 10.6 Å². The fourth-order valence-corrected chi connectivity index (χ4v) is 5.46. The third-order valence-electron chi connectivity index (χ3n) is 5.66. The molecule has 0 heterocycles. The molecule has 2 N–H and O–H groups in total. The molecule has 10 heteroatoms. The van der Waals surface area contributed by atoms with E-state index in [1.54, 1.807) is 49.4 Å². The number of nitriles is 1. The molecular formula is C25H16Cl5N3O2. The molecule has 0 spiro atoms. The van der Waals surface area contributed by atoms with E-state index in [-0.39, 0.29) is 10.6 Å². The van der Waals surface area contributed by atoms with Crippen molar-refractivity contribution in [3.05, 3.63) is 91.9 Å². The molecule has 0 radical (unpaired) electrons. The number of anilines is 2. The zero-order chi connectivity index (χ0) is 25.5. The first-order valence-electron chi connectivity index (χ1n) is 10.3. The lowest BCUT2D eigenvalue weighted by Crippen LogP contribution is -2.18. The van der Waals surface area contributed by atoms with E-state index in [2.05, 4.69) is 10.6 Å². The van der Waals surface area contributed by atoms with Crippen molar-refractivity contribution in [3.63, 3.8) is 0 Å². The Labute approximate surface area is 226 Å².